The average Bonchev–Trinajstić information content (AvgIpc) is 1.66. The molecule has 1 amide bonds. The molecule has 8 aromatic heterocycles. The first-order valence-electron chi connectivity index (χ1n) is 30.9. The highest BCUT2D eigenvalue weighted by molar-refractivity contribution is 6.59. The smallest absolute Gasteiger partial charge is 0.476 e. The van der Waals surface area contributed by atoms with Crippen molar-refractivity contribution in [2.24, 2.45) is 5.73 Å². The van der Waals surface area contributed by atoms with Crippen LogP contribution in [0.2, 0.25) is 5.35 Å². The molecule has 0 radical (unpaired) electrons. The molecule has 10 heterocycles. The van der Waals surface area contributed by atoms with Crippen LogP contribution in [0.25, 0.3) is 45.4 Å². The molecule has 2 aliphatic heterocycles. The number of ether oxygens (including phenoxy) is 2. The van der Waals surface area contributed by atoms with E-state index in [0.29, 0.717) is 54.6 Å². The Balaban J connectivity index is 0.000000156. The molecule has 0 bridgehead atoms. The Morgan fingerprint density at radius 2 is 0.990 bits per heavy atom. The number of carbonyl (C=O) groups is 4. The molecule has 27 heteroatoms. The van der Waals surface area contributed by atoms with Gasteiger partial charge < -0.3 is 71.9 Å². The number of carbonyl (C=O) groups excluding carboxylic acids is 3. The Kier molecular flexibility index (Phi) is 25.9. The van der Waals surface area contributed by atoms with Gasteiger partial charge in [0.1, 0.15) is 25.1 Å². The molecule has 2 atom stereocenters. The predicted molar refractivity (Wildman–Crippen MR) is 371 cm³/mol. The number of fused-ring (bicyclic) bond motifs is 2. The van der Waals surface area contributed by atoms with Crippen molar-refractivity contribution in [2.45, 2.75) is 73.9 Å². The first-order valence-corrected chi connectivity index (χ1v) is 31.3. The molecule has 25 nitrogen and oxygen atoms in total. The Bertz CT molecular complexity index is 4580. The van der Waals surface area contributed by atoms with Crippen molar-refractivity contribution in [3.63, 3.8) is 0 Å². The van der Waals surface area contributed by atoms with Crippen LogP contribution in [0.15, 0.2) is 201 Å². The zero-order chi connectivity index (χ0) is 69.0. The number of amides is 1. The molecule has 0 aliphatic carbocycles. The molecule has 2 saturated heterocycles. The summed E-state index contributed by atoms with van der Waals surface area (Å²) in [5.41, 5.74) is 15.8. The average molecular weight is 1350 g/mol. The van der Waals surface area contributed by atoms with Crippen LogP contribution in [0.1, 0.15) is 98.3 Å². The van der Waals surface area contributed by atoms with Gasteiger partial charge in [-0.1, -0.05) is 91.9 Å². The molecule has 0 spiro atoms. The van der Waals surface area contributed by atoms with E-state index in [1.165, 1.54) is 12.5 Å². The topological polar surface area (TPSA) is 331 Å². The van der Waals surface area contributed by atoms with Crippen molar-refractivity contribution in [3.05, 3.63) is 234 Å². The van der Waals surface area contributed by atoms with Gasteiger partial charge in [-0.15, -0.1) is 0 Å². The fraction of sp³-hybridized carbons (Fsp3) is 0.239. The number of nitrogens with one attached hydrogen (secondary N) is 1. The SMILES string of the molecule is C.CCOC(=O)c1coc(-c2ccccc2C)n1.CCOC(=O)c1coc(Cl)n1.Cc1ccccc1-c1nc(C(=O)N[C@H]2CCN(c3nccn4cccc34)C2)co1.Cc1ccccc1-c1nc(C(=O)O)co1.Cc1ccccc1B(O)O.N[C@H]1CCN(c2nccn3cccc23)C1. The molecule has 508 valence electrons. The lowest BCUT2D eigenvalue weighted by Crippen LogP contribution is -2.37. The maximum Gasteiger partial charge on any atom is 0.488 e. The highest BCUT2D eigenvalue weighted by Crippen LogP contribution is 2.28. The number of nitrogens with two attached hydrogens (primary N) is 1. The van der Waals surface area contributed by atoms with Crippen LogP contribution >= 0.6 is 11.6 Å². The van der Waals surface area contributed by atoms with Crippen LogP contribution in [0.5, 0.6) is 0 Å². The number of aromatic nitrogens is 8. The number of nitrogens with zero attached hydrogens (tertiary/aromatic N) is 10. The lowest BCUT2D eigenvalue weighted by molar-refractivity contribution is 0.0510. The third kappa shape index (κ3) is 19.1. The number of esters is 2. The highest BCUT2D eigenvalue weighted by Gasteiger charge is 2.28. The van der Waals surface area contributed by atoms with Gasteiger partial charge in [-0.05, 0) is 131 Å². The van der Waals surface area contributed by atoms with Gasteiger partial charge in [-0.2, -0.15) is 4.98 Å². The van der Waals surface area contributed by atoms with Crippen LogP contribution in [-0.2, 0) is 9.47 Å². The molecule has 2 fully saturated rings. The van der Waals surface area contributed by atoms with E-state index in [-0.39, 0.29) is 41.8 Å². The van der Waals surface area contributed by atoms with Crippen molar-refractivity contribution < 1.29 is 61.5 Å². The summed E-state index contributed by atoms with van der Waals surface area (Å²) >= 11 is 5.32. The van der Waals surface area contributed by atoms with E-state index >= 15 is 0 Å². The number of benzene rings is 4. The number of halogens is 1. The molecular weight excluding hydrogens is 1280 g/mol. The number of anilines is 2. The number of aryl methyl sites for hydroxylation is 4. The first kappa shape index (κ1) is 72.6. The van der Waals surface area contributed by atoms with Crippen LogP contribution in [0.4, 0.5) is 11.6 Å². The maximum atomic E-state index is 12.7. The van der Waals surface area contributed by atoms with E-state index in [2.05, 4.69) is 75.1 Å². The molecule has 0 saturated carbocycles. The molecule has 6 N–H and O–H groups in total. The number of carboxylic acids is 1. The summed E-state index contributed by atoms with van der Waals surface area (Å²) in [6.07, 6.45) is 18.5. The van der Waals surface area contributed by atoms with Gasteiger partial charge in [-0.25, -0.2) is 39.3 Å². The third-order valence-electron chi connectivity index (χ3n) is 15.2. The summed E-state index contributed by atoms with van der Waals surface area (Å²) in [7, 11) is -1.35. The van der Waals surface area contributed by atoms with Crippen LogP contribution in [0, 0.1) is 27.7 Å². The third-order valence-corrected chi connectivity index (χ3v) is 15.4. The van der Waals surface area contributed by atoms with Crippen molar-refractivity contribution in [1.82, 2.24) is 44.0 Å². The number of aromatic carboxylic acids is 1. The maximum absolute atomic E-state index is 12.7. The molecule has 0 unspecified atom stereocenters. The van der Waals surface area contributed by atoms with Gasteiger partial charge >= 0.3 is 25.0 Å². The molecule has 98 heavy (non-hydrogen) atoms. The monoisotopic (exact) mass is 1350 g/mol. The van der Waals surface area contributed by atoms with Crippen molar-refractivity contribution >= 4 is 70.7 Å². The molecule has 4 aromatic carbocycles. The minimum absolute atomic E-state index is 0. The summed E-state index contributed by atoms with van der Waals surface area (Å²) < 4.78 is 34.1. The number of hydrogen-bond donors (Lipinski definition) is 5. The van der Waals surface area contributed by atoms with Crippen molar-refractivity contribution in [2.75, 3.05) is 49.2 Å². The van der Waals surface area contributed by atoms with E-state index in [9.17, 15) is 19.2 Å². The van der Waals surface area contributed by atoms with Gasteiger partial charge in [-0.3, -0.25) is 4.79 Å². The van der Waals surface area contributed by atoms with Crippen LogP contribution in [-0.4, -0.2) is 136 Å². The van der Waals surface area contributed by atoms with Crippen molar-refractivity contribution in [1.29, 1.82) is 0 Å². The Labute approximate surface area is 570 Å². The minimum atomic E-state index is -1.35. The Hall–Kier alpha value is -11.2. The zero-order valence-electron chi connectivity index (χ0n) is 54.1. The fourth-order valence-corrected chi connectivity index (χ4v) is 10.4. The van der Waals surface area contributed by atoms with Gasteiger partial charge in [0.15, 0.2) is 34.4 Å². The lowest BCUT2D eigenvalue weighted by Gasteiger charge is -2.18. The van der Waals surface area contributed by atoms with Gasteiger partial charge in [0.25, 0.3) is 11.3 Å². The van der Waals surface area contributed by atoms with Crippen LogP contribution < -0.4 is 26.3 Å². The van der Waals surface area contributed by atoms with Crippen molar-refractivity contribution in [3.8, 4) is 34.4 Å². The summed E-state index contributed by atoms with van der Waals surface area (Å²) in [5.74, 6) is 0.946. The quantitative estimate of drug-likeness (QED) is 0.0529. The van der Waals surface area contributed by atoms with E-state index in [0.717, 1.165) is 107 Å². The second-order valence-corrected chi connectivity index (χ2v) is 22.3. The summed E-state index contributed by atoms with van der Waals surface area (Å²) in [6, 6.07) is 38.7. The minimum Gasteiger partial charge on any atom is -0.476 e. The van der Waals surface area contributed by atoms with E-state index in [1.807, 2.05) is 156 Å². The largest absolute Gasteiger partial charge is 0.488 e. The van der Waals surface area contributed by atoms with Gasteiger partial charge in [0.2, 0.25) is 17.7 Å². The van der Waals surface area contributed by atoms with Gasteiger partial charge in [0, 0.05) is 92.1 Å². The second kappa shape index (κ2) is 35.0. The normalized spacial score (nSPS) is 13.5. The zero-order valence-corrected chi connectivity index (χ0v) is 54.8. The van der Waals surface area contributed by atoms with E-state index in [4.69, 9.17) is 50.5 Å². The van der Waals surface area contributed by atoms with Crippen LogP contribution in [0.3, 0.4) is 0 Å². The number of oxazole rings is 4. The second-order valence-electron chi connectivity index (χ2n) is 22.0. The predicted octanol–water partition coefficient (Wildman–Crippen LogP) is 11.2. The van der Waals surface area contributed by atoms with E-state index in [1.54, 1.807) is 32.2 Å². The number of rotatable bonds is 13. The van der Waals surface area contributed by atoms with Gasteiger partial charge in [0.05, 0.1) is 24.2 Å². The summed E-state index contributed by atoms with van der Waals surface area (Å²) in [4.78, 5) is 75.0. The Morgan fingerprint density at radius 3 is 1.42 bits per heavy atom. The number of hydrogen-bond acceptors (Lipinski definition) is 21. The molecular formula is C71H76BClN12O13. The fourth-order valence-electron chi connectivity index (χ4n) is 10.3. The van der Waals surface area contributed by atoms with E-state index < -0.39 is 25.0 Å². The summed E-state index contributed by atoms with van der Waals surface area (Å²) in [5, 5.41) is 29.2. The lowest BCUT2D eigenvalue weighted by atomic mass is 9.77. The molecule has 12 aromatic rings. The highest BCUT2D eigenvalue weighted by atomic mass is 35.5. The standard InChI is InChI=1S/C22H21N5O2.C13H13NO3.C11H14N4.C11H9NO3.C7H9BO2.C6H6ClNO3.CH4/c1-15-5-2-3-6-17(15)22-25-18(14-29-22)21(28)24-16-8-11-27(13-16)20-19-7-4-10-26(19)12-9-23-20;1-3-16-13(15)11-8-17-12(14-11)10-7-5-4-6-9(10)2;12-9-3-6-15(8-9)11-10-2-1-5-14(10)7-4-13-11;1-7-4-2-3-5-8(7)10-12-9(6-15-10)11(13)14;1-6-4-2-3-5-7(6)8(9)10;1-2-10-5(9)4-3-11-6(7)8-4;/h2-7,9-10,12,14,16H,8,11,13H2,1H3,(H,24,28);4-8H,3H2,1-2H3;1-2,4-5,7,9H,3,6,8,12H2;2-6H,1H3,(H,13,14);2-5,9-10H,1H3;3H,2H2,1H3;1H4/t16-;;9-;;;;/m0.0..../s1. The Morgan fingerprint density at radius 1 is 0.561 bits per heavy atom. The first-order chi connectivity index (χ1) is 46.9. The molecule has 2 aliphatic rings. The number of carboxylic acid groups (broad SMARTS) is 1. The molecule has 14 rings (SSSR count). The summed E-state index contributed by atoms with van der Waals surface area (Å²) in [6.45, 7) is 15.3.